The van der Waals surface area contributed by atoms with Crippen molar-refractivity contribution in [3.8, 4) is 5.75 Å². The standard InChI is InChI=1S/C19H16ClN5O4/c20-12-5-3-6-13(8-12)23-19-16(17(21)28)18(24-25-19)22-9-11-4-1-2-7-14(11)29-10-15(26)27/h1-9H,10H2,(H2,21,28)(H,26,27)(H2,23,24,25). The number of para-hydroxylation sites is 1. The lowest BCUT2D eigenvalue weighted by Gasteiger charge is -2.06. The highest BCUT2D eigenvalue weighted by atomic mass is 35.5. The zero-order chi connectivity index (χ0) is 20.8. The Morgan fingerprint density at radius 1 is 1.28 bits per heavy atom. The number of carboxylic acids is 1. The summed E-state index contributed by atoms with van der Waals surface area (Å²) in [4.78, 5) is 26.9. The number of carbonyl (C=O) groups excluding carboxylic acids is 1. The average Bonchev–Trinajstić information content (AvgIpc) is 3.08. The normalized spacial score (nSPS) is 10.8. The molecule has 5 N–H and O–H groups in total. The lowest BCUT2D eigenvalue weighted by atomic mass is 10.2. The second-order valence-electron chi connectivity index (χ2n) is 5.78. The Hall–Kier alpha value is -3.85. The predicted octanol–water partition coefficient (Wildman–Crippen LogP) is 3.12. The van der Waals surface area contributed by atoms with Crippen LogP contribution in [-0.2, 0) is 4.79 Å². The maximum atomic E-state index is 11.9. The number of hydrogen-bond donors (Lipinski definition) is 4. The van der Waals surface area contributed by atoms with Crippen LogP contribution in [0.4, 0.5) is 17.3 Å². The number of halogens is 1. The Morgan fingerprint density at radius 3 is 2.79 bits per heavy atom. The van der Waals surface area contributed by atoms with Crippen molar-refractivity contribution in [2.45, 2.75) is 0 Å². The average molecular weight is 414 g/mol. The number of primary amides is 1. The number of carboxylic acid groups (broad SMARTS) is 1. The maximum absolute atomic E-state index is 11.9. The number of aromatic amines is 1. The summed E-state index contributed by atoms with van der Waals surface area (Å²) in [5.74, 6) is -1.17. The summed E-state index contributed by atoms with van der Waals surface area (Å²) in [6.07, 6.45) is 1.41. The zero-order valence-electron chi connectivity index (χ0n) is 14.9. The minimum absolute atomic E-state index is 0.0603. The number of benzene rings is 2. The smallest absolute Gasteiger partial charge is 0.341 e. The summed E-state index contributed by atoms with van der Waals surface area (Å²) in [5, 5.41) is 19.0. The van der Waals surface area contributed by atoms with Crippen LogP contribution in [0.2, 0.25) is 5.02 Å². The predicted molar refractivity (Wildman–Crippen MR) is 109 cm³/mol. The molecule has 9 nitrogen and oxygen atoms in total. The molecular formula is C19H16ClN5O4. The third-order valence-electron chi connectivity index (χ3n) is 3.68. The van der Waals surface area contributed by atoms with E-state index in [9.17, 15) is 9.59 Å². The summed E-state index contributed by atoms with van der Waals surface area (Å²) in [6.45, 7) is -0.493. The van der Waals surface area contributed by atoms with Crippen LogP contribution in [0, 0.1) is 0 Å². The Labute approximate surface area is 170 Å². The number of nitrogens with one attached hydrogen (secondary N) is 2. The molecule has 0 saturated heterocycles. The van der Waals surface area contributed by atoms with Gasteiger partial charge >= 0.3 is 5.97 Å². The van der Waals surface area contributed by atoms with Gasteiger partial charge in [-0.25, -0.2) is 9.79 Å². The second-order valence-corrected chi connectivity index (χ2v) is 6.21. The molecule has 29 heavy (non-hydrogen) atoms. The molecule has 3 rings (SSSR count). The molecule has 0 aliphatic heterocycles. The lowest BCUT2D eigenvalue weighted by Crippen LogP contribution is -2.12. The van der Waals surface area contributed by atoms with Crippen molar-refractivity contribution < 1.29 is 19.4 Å². The van der Waals surface area contributed by atoms with Gasteiger partial charge < -0.3 is 20.9 Å². The first-order valence-electron chi connectivity index (χ1n) is 8.32. The van der Waals surface area contributed by atoms with E-state index >= 15 is 0 Å². The largest absolute Gasteiger partial charge is 0.481 e. The summed E-state index contributed by atoms with van der Waals surface area (Å²) in [7, 11) is 0. The van der Waals surface area contributed by atoms with E-state index in [-0.39, 0.29) is 17.2 Å². The quantitative estimate of drug-likeness (QED) is 0.418. The molecule has 0 aliphatic carbocycles. The van der Waals surface area contributed by atoms with Crippen molar-refractivity contribution in [2.75, 3.05) is 11.9 Å². The van der Waals surface area contributed by atoms with E-state index in [0.29, 0.717) is 22.0 Å². The Balaban J connectivity index is 1.87. The summed E-state index contributed by atoms with van der Waals surface area (Å²) in [5.41, 5.74) is 6.70. The fourth-order valence-corrected chi connectivity index (χ4v) is 2.64. The van der Waals surface area contributed by atoms with Crippen LogP contribution in [0.25, 0.3) is 0 Å². The van der Waals surface area contributed by atoms with E-state index in [1.54, 1.807) is 48.5 Å². The van der Waals surface area contributed by atoms with Gasteiger partial charge in [0.15, 0.2) is 12.4 Å². The molecule has 0 spiro atoms. The molecule has 0 saturated carbocycles. The molecule has 0 radical (unpaired) electrons. The number of aliphatic carboxylic acids is 1. The van der Waals surface area contributed by atoms with Gasteiger partial charge in [0.25, 0.3) is 5.91 Å². The summed E-state index contributed by atoms with van der Waals surface area (Å²) in [6, 6.07) is 13.6. The minimum Gasteiger partial charge on any atom is -0.481 e. The molecule has 148 valence electrons. The molecule has 0 bridgehead atoms. The number of hydrogen-bond acceptors (Lipinski definition) is 6. The van der Waals surface area contributed by atoms with Crippen LogP contribution in [0.15, 0.2) is 53.5 Å². The first-order chi connectivity index (χ1) is 13.9. The number of H-pyrrole nitrogens is 1. The monoisotopic (exact) mass is 413 g/mol. The highest BCUT2D eigenvalue weighted by Crippen LogP contribution is 2.27. The van der Waals surface area contributed by atoms with Crippen molar-refractivity contribution >= 4 is 47.0 Å². The van der Waals surface area contributed by atoms with E-state index in [1.807, 2.05) is 0 Å². The van der Waals surface area contributed by atoms with Gasteiger partial charge in [-0.1, -0.05) is 29.8 Å². The van der Waals surface area contributed by atoms with E-state index < -0.39 is 18.5 Å². The number of carbonyl (C=O) groups is 2. The SMILES string of the molecule is NC(=O)c1c(N=Cc2ccccc2OCC(=O)O)n[nH]c1Nc1cccc(Cl)c1. The van der Waals surface area contributed by atoms with Gasteiger partial charge in [-0.2, -0.15) is 5.10 Å². The van der Waals surface area contributed by atoms with E-state index in [0.717, 1.165) is 0 Å². The number of amides is 1. The zero-order valence-corrected chi connectivity index (χ0v) is 15.7. The molecular weight excluding hydrogens is 398 g/mol. The van der Waals surface area contributed by atoms with Crippen molar-refractivity contribution in [1.82, 2.24) is 10.2 Å². The van der Waals surface area contributed by atoms with Gasteiger partial charge in [-0.15, -0.1) is 0 Å². The van der Waals surface area contributed by atoms with E-state index in [4.69, 9.17) is 27.2 Å². The van der Waals surface area contributed by atoms with Crippen LogP contribution in [-0.4, -0.2) is 40.0 Å². The maximum Gasteiger partial charge on any atom is 0.341 e. The first-order valence-corrected chi connectivity index (χ1v) is 8.70. The number of aromatic nitrogens is 2. The third kappa shape index (κ3) is 5.11. The Kier molecular flexibility index (Phi) is 6.10. The Morgan fingerprint density at radius 2 is 2.07 bits per heavy atom. The summed E-state index contributed by atoms with van der Waals surface area (Å²) >= 11 is 5.97. The van der Waals surface area contributed by atoms with Gasteiger partial charge in [-0.05, 0) is 30.3 Å². The van der Waals surface area contributed by atoms with Crippen LogP contribution >= 0.6 is 11.6 Å². The molecule has 1 amide bonds. The molecule has 0 aliphatic rings. The van der Waals surface area contributed by atoms with Gasteiger partial charge in [-0.3, -0.25) is 9.89 Å². The van der Waals surface area contributed by atoms with Gasteiger partial charge in [0.2, 0.25) is 0 Å². The first kappa shape index (κ1) is 19.9. The molecule has 10 heteroatoms. The summed E-state index contributed by atoms with van der Waals surface area (Å²) < 4.78 is 5.22. The van der Waals surface area contributed by atoms with Crippen LogP contribution in [0.1, 0.15) is 15.9 Å². The molecule has 1 aromatic heterocycles. The molecule has 2 aromatic carbocycles. The number of nitrogens with two attached hydrogens (primary N) is 1. The lowest BCUT2D eigenvalue weighted by molar-refractivity contribution is -0.139. The van der Waals surface area contributed by atoms with Gasteiger partial charge in [0, 0.05) is 22.5 Å². The van der Waals surface area contributed by atoms with Gasteiger partial charge in [0.1, 0.15) is 17.1 Å². The fourth-order valence-electron chi connectivity index (χ4n) is 2.45. The molecule has 0 fully saturated rings. The molecule has 0 unspecified atom stereocenters. The molecule has 0 atom stereocenters. The number of aliphatic imine (C=N–C) groups is 1. The number of rotatable bonds is 8. The topological polar surface area (TPSA) is 143 Å². The highest BCUT2D eigenvalue weighted by Gasteiger charge is 2.18. The fraction of sp³-hybridized carbons (Fsp3) is 0.0526. The second kappa shape index (κ2) is 8.89. The number of nitrogens with zero attached hydrogens (tertiary/aromatic N) is 2. The van der Waals surface area contributed by atoms with E-state index in [2.05, 4.69) is 20.5 Å². The number of ether oxygens (including phenoxy) is 1. The van der Waals surface area contributed by atoms with Gasteiger partial charge in [0.05, 0.1) is 0 Å². The molecule has 1 heterocycles. The van der Waals surface area contributed by atoms with Crippen molar-refractivity contribution in [2.24, 2.45) is 10.7 Å². The van der Waals surface area contributed by atoms with Crippen LogP contribution < -0.4 is 15.8 Å². The minimum atomic E-state index is -1.10. The number of anilines is 2. The third-order valence-corrected chi connectivity index (χ3v) is 3.92. The van der Waals surface area contributed by atoms with Crippen LogP contribution in [0.3, 0.4) is 0 Å². The molecule has 3 aromatic rings. The van der Waals surface area contributed by atoms with Crippen LogP contribution in [0.5, 0.6) is 5.75 Å². The highest BCUT2D eigenvalue weighted by molar-refractivity contribution is 6.30. The Bertz CT molecular complexity index is 1080. The van der Waals surface area contributed by atoms with Crippen molar-refractivity contribution in [1.29, 1.82) is 0 Å². The van der Waals surface area contributed by atoms with E-state index in [1.165, 1.54) is 6.21 Å². The van der Waals surface area contributed by atoms with Crippen molar-refractivity contribution in [3.63, 3.8) is 0 Å². The van der Waals surface area contributed by atoms with Crippen molar-refractivity contribution in [3.05, 3.63) is 64.7 Å².